The largest absolute Gasteiger partial charge is 0.488 e. The van der Waals surface area contributed by atoms with Crippen LogP contribution in [0.5, 0.6) is 11.5 Å². The predicted molar refractivity (Wildman–Crippen MR) is 100 cm³/mol. The fourth-order valence-corrected chi connectivity index (χ4v) is 3.38. The molecule has 3 aromatic rings. The Bertz CT molecular complexity index is 989. The SMILES string of the molecule is CC(=O)Oc1coc2cc(OCc3ccc(Cl)cc3Cl)c(C3CC3)cc12. The molecule has 4 nitrogen and oxygen atoms in total. The predicted octanol–water partition coefficient (Wildman–Crippen LogP) is 6.12. The lowest BCUT2D eigenvalue weighted by Crippen LogP contribution is -2.01. The molecule has 0 radical (unpaired) electrons. The van der Waals surface area contributed by atoms with Crippen LogP contribution in [-0.4, -0.2) is 5.97 Å². The fraction of sp³-hybridized carbons (Fsp3) is 0.250. The molecule has 1 aromatic heterocycles. The van der Waals surface area contributed by atoms with E-state index in [-0.39, 0.29) is 5.97 Å². The zero-order chi connectivity index (χ0) is 18.3. The van der Waals surface area contributed by atoms with E-state index < -0.39 is 0 Å². The van der Waals surface area contributed by atoms with Gasteiger partial charge >= 0.3 is 5.97 Å². The Morgan fingerprint density at radius 3 is 2.69 bits per heavy atom. The maximum Gasteiger partial charge on any atom is 0.308 e. The molecule has 26 heavy (non-hydrogen) atoms. The van der Waals surface area contributed by atoms with Gasteiger partial charge in [0.2, 0.25) is 0 Å². The van der Waals surface area contributed by atoms with Crippen molar-refractivity contribution in [2.75, 3.05) is 0 Å². The summed E-state index contributed by atoms with van der Waals surface area (Å²) in [5, 5.41) is 1.94. The Morgan fingerprint density at radius 2 is 2.00 bits per heavy atom. The summed E-state index contributed by atoms with van der Waals surface area (Å²) in [5.74, 6) is 1.27. The first kappa shape index (κ1) is 17.3. The topological polar surface area (TPSA) is 48.7 Å². The van der Waals surface area contributed by atoms with Gasteiger partial charge in [0.25, 0.3) is 0 Å². The number of ether oxygens (including phenoxy) is 2. The highest BCUT2D eigenvalue weighted by atomic mass is 35.5. The third-order valence-electron chi connectivity index (χ3n) is 4.34. The van der Waals surface area contributed by atoms with Gasteiger partial charge in [-0.25, -0.2) is 0 Å². The van der Waals surface area contributed by atoms with E-state index in [1.54, 1.807) is 12.1 Å². The molecule has 0 unspecified atom stereocenters. The number of hydrogen-bond donors (Lipinski definition) is 0. The number of furan rings is 1. The second-order valence-electron chi connectivity index (χ2n) is 6.38. The Balaban J connectivity index is 1.65. The van der Waals surface area contributed by atoms with E-state index in [0.717, 1.165) is 35.1 Å². The van der Waals surface area contributed by atoms with Gasteiger partial charge in [0, 0.05) is 28.6 Å². The molecule has 0 atom stereocenters. The van der Waals surface area contributed by atoms with Gasteiger partial charge in [-0.05, 0) is 42.5 Å². The van der Waals surface area contributed by atoms with Crippen molar-refractivity contribution in [3.8, 4) is 11.5 Å². The first-order valence-electron chi connectivity index (χ1n) is 8.31. The van der Waals surface area contributed by atoms with Crippen molar-refractivity contribution in [2.45, 2.75) is 32.3 Å². The number of rotatable bonds is 5. The minimum atomic E-state index is -0.377. The lowest BCUT2D eigenvalue weighted by atomic mass is 10.1. The lowest BCUT2D eigenvalue weighted by Gasteiger charge is -2.12. The number of carbonyl (C=O) groups is 1. The van der Waals surface area contributed by atoms with Crippen molar-refractivity contribution in [1.82, 2.24) is 0 Å². The Morgan fingerprint density at radius 1 is 1.19 bits per heavy atom. The molecule has 0 saturated heterocycles. The van der Waals surface area contributed by atoms with Crippen molar-refractivity contribution in [2.24, 2.45) is 0 Å². The minimum absolute atomic E-state index is 0.332. The molecule has 0 amide bonds. The molecule has 1 fully saturated rings. The molecule has 1 saturated carbocycles. The third kappa shape index (κ3) is 3.53. The molecule has 0 N–H and O–H groups in total. The van der Waals surface area contributed by atoms with Crippen LogP contribution in [-0.2, 0) is 11.4 Å². The zero-order valence-electron chi connectivity index (χ0n) is 14.1. The maximum absolute atomic E-state index is 11.3. The van der Waals surface area contributed by atoms with E-state index in [9.17, 15) is 4.79 Å². The van der Waals surface area contributed by atoms with Gasteiger partial charge < -0.3 is 13.9 Å². The molecule has 6 heteroatoms. The summed E-state index contributed by atoms with van der Waals surface area (Å²) in [7, 11) is 0. The third-order valence-corrected chi connectivity index (χ3v) is 4.93. The summed E-state index contributed by atoms with van der Waals surface area (Å²) in [6, 6.07) is 9.18. The van der Waals surface area contributed by atoms with Crippen LogP contribution in [0.3, 0.4) is 0 Å². The summed E-state index contributed by atoms with van der Waals surface area (Å²) in [6.07, 6.45) is 3.68. The van der Waals surface area contributed by atoms with Gasteiger partial charge in [-0.1, -0.05) is 29.3 Å². The fourth-order valence-electron chi connectivity index (χ4n) is 2.91. The molecule has 1 heterocycles. The summed E-state index contributed by atoms with van der Waals surface area (Å²) < 4.78 is 16.8. The first-order chi connectivity index (χ1) is 12.5. The van der Waals surface area contributed by atoms with Gasteiger partial charge in [-0.3, -0.25) is 4.79 Å². The van der Waals surface area contributed by atoms with Crippen LogP contribution in [0.2, 0.25) is 10.0 Å². The van der Waals surface area contributed by atoms with Crippen LogP contribution in [0, 0.1) is 0 Å². The minimum Gasteiger partial charge on any atom is -0.488 e. The van der Waals surface area contributed by atoms with Crippen LogP contribution in [0.25, 0.3) is 11.0 Å². The Kier molecular flexibility index (Phi) is 4.55. The first-order valence-corrected chi connectivity index (χ1v) is 9.07. The molecule has 0 spiro atoms. The van der Waals surface area contributed by atoms with Crippen LogP contribution in [0.15, 0.2) is 41.0 Å². The number of esters is 1. The smallest absolute Gasteiger partial charge is 0.308 e. The van der Waals surface area contributed by atoms with E-state index in [2.05, 4.69) is 0 Å². The van der Waals surface area contributed by atoms with Crippen LogP contribution in [0.4, 0.5) is 0 Å². The number of fused-ring (bicyclic) bond motifs is 1. The average Bonchev–Trinajstić information content (AvgIpc) is 3.36. The van der Waals surface area contributed by atoms with Crippen LogP contribution >= 0.6 is 23.2 Å². The van der Waals surface area contributed by atoms with E-state index in [0.29, 0.717) is 33.9 Å². The number of carbonyl (C=O) groups excluding carboxylic acids is 1. The molecule has 4 rings (SSSR count). The maximum atomic E-state index is 11.3. The monoisotopic (exact) mass is 390 g/mol. The van der Waals surface area contributed by atoms with Crippen molar-refractivity contribution in [1.29, 1.82) is 0 Å². The average molecular weight is 391 g/mol. The second kappa shape index (κ2) is 6.86. The van der Waals surface area contributed by atoms with E-state index >= 15 is 0 Å². The van der Waals surface area contributed by atoms with Gasteiger partial charge in [-0.15, -0.1) is 0 Å². The molecule has 134 valence electrons. The Labute approximate surface area is 160 Å². The van der Waals surface area contributed by atoms with Gasteiger partial charge in [0.15, 0.2) is 5.75 Å². The van der Waals surface area contributed by atoms with Crippen LogP contribution < -0.4 is 9.47 Å². The van der Waals surface area contributed by atoms with E-state index in [1.165, 1.54) is 13.2 Å². The molecular formula is C20H16Cl2O4. The van der Waals surface area contributed by atoms with Crippen LogP contribution in [0.1, 0.15) is 36.8 Å². The van der Waals surface area contributed by atoms with Gasteiger partial charge in [0.1, 0.15) is 24.2 Å². The highest BCUT2D eigenvalue weighted by Crippen LogP contribution is 2.47. The number of hydrogen-bond acceptors (Lipinski definition) is 4. The standard InChI is InChI=1S/C20H16Cl2O4/c1-11(23)26-20-10-25-19-8-18(15(7-16(19)20)12-2-3-12)24-9-13-4-5-14(21)6-17(13)22/h4-8,10,12H,2-3,9H2,1H3. The normalized spacial score (nSPS) is 13.8. The summed E-state index contributed by atoms with van der Waals surface area (Å²) in [6.45, 7) is 1.70. The molecule has 1 aliphatic rings. The van der Waals surface area contributed by atoms with Crippen molar-refractivity contribution < 1.29 is 18.7 Å². The molecule has 1 aliphatic carbocycles. The van der Waals surface area contributed by atoms with Crippen molar-refractivity contribution in [3.05, 3.63) is 57.8 Å². The lowest BCUT2D eigenvalue weighted by molar-refractivity contribution is -0.131. The number of benzene rings is 2. The summed E-state index contributed by atoms with van der Waals surface area (Å²) in [5.41, 5.74) is 2.57. The van der Waals surface area contributed by atoms with E-state index in [1.807, 2.05) is 18.2 Å². The highest BCUT2D eigenvalue weighted by molar-refractivity contribution is 6.35. The highest BCUT2D eigenvalue weighted by Gasteiger charge is 2.28. The van der Waals surface area contributed by atoms with Gasteiger partial charge in [-0.2, -0.15) is 0 Å². The van der Waals surface area contributed by atoms with Crippen molar-refractivity contribution in [3.63, 3.8) is 0 Å². The van der Waals surface area contributed by atoms with E-state index in [4.69, 9.17) is 37.1 Å². The summed E-state index contributed by atoms with van der Waals surface area (Å²) >= 11 is 12.2. The quantitative estimate of drug-likeness (QED) is 0.492. The van der Waals surface area contributed by atoms with Gasteiger partial charge in [0.05, 0.1) is 5.39 Å². The zero-order valence-corrected chi connectivity index (χ0v) is 15.6. The molecule has 0 bridgehead atoms. The Hall–Kier alpha value is -2.17. The van der Waals surface area contributed by atoms with Crippen molar-refractivity contribution >= 4 is 40.1 Å². The second-order valence-corrected chi connectivity index (χ2v) is 7.22. The molecular weight excluding hydrogens is 375 g/mol. The molecule has 2 aromatic carbocycles. The molecule has 0 aliphatic heterocycles. The number of halogens is 2. The summed E-state index contributed by atoms with van der Waals surface area (Å²) in [4.78, 5) is 11.3.